The smallest absolute Gasteiger partial charge is 0.229 e. The van der Waals surface area contributed by atoms with Gasteiger partial charge < -0.3 is 14.5 Å². The lowest BCUT2D eigenvalue weighted by molar-refractivity contribution is -0.133. The molecule has 7 heteroatoms. The molecule has 3 heterocycles. The Hall–Kier alpha value is -1.47. The largest absolute Gasteiger partial charge is 0.379 e. The second kappa shape index (κ2) is 5.49. The molecule has 20 heavy (non-hydrogen) atoms. The molecule has 2 saturated heterocycles. The van der Waals surface area contributed by atoms with E-state index in [1.165, 1.54) is 0 Å². The van der Waals surface area contributed by atoms with E-state index in [9.17, 15) is 4.79 Å². The Bertz CT molecular complexity index is 490. The zero-order valence-electron chi connectivity index (χ0n) is 11.9. The molecule has 2 atom stereocenters. The molecule has 2 aliphatic heterocycles. The van der Waals surface area contributed by atoms with Crippen LogP contribution < -0.4 is 0 Å². The predicted molar refractivity (Wildman–Crippen MR) is 70.0 cm³/mol. The Balaban J connectivity index is 1.75. The summed E-state index contributed by atoms with van der Waals surface area (Å²) < 4.78 is 10.3. The second-order valence-corrected chi connectivity index (χ2v) is 5.80. The van der Waals surface area contributed by atoms with Gasteiger partial charge in [-0.1, -0.05) is 10.3 Å². The highest BCUT2D eigenvalue weighted by atomic mass is 16.6. The van der Waals surface area contributed by atoms with Gasteiger partial charge in [0.05, 0.1) is 25.7 Å². The number of hydrogen-bond donors (Lipinski definition) is 0. The first-order valence-electron chi connectivity index (χ1n) is 6.97. The molecule has 1 aromatic rings. The van der Waals surface area contributed by atoms with Gasteiger partial charge in [-0.2, -0.15) is 0 Å². The van der Waals surface area contributed by atoms with Crippen molar-refractivity contribution in [2.75, 3.05) is 39.9 Å². The van der Waals surface area contributed by atoms with Crippen LogP contribution in [0.2, 0.25) is 0 Å². The van der Waals surface area contributed by atoms with Crippen molar-refractivity contribution in [3.8, 4) is 0 Å². The number of ether oxygens (including phenoxy) is 1. The van der Waals surface area contributed by atoms with Crippen molar-refractivity contribution in [3.63, 3.8) is 0 Å². The van der Waals surface area contributed by atoms with E-state index >= 15 is 0 Å². The van der Waals surface area contributed by atoms with E-state index in [2.05, 4.69) is 26.9 Å². The molecule has 0 aliphatic carbocycles. The minimum atomic E-state index is 0.0830. The number of nitrogens with zero attached hydrogens (tertiary/aromatic N) is 4. The number of amides is 1. The number of aryl methyl sites for hydroxylation is 1. The fraction of sp³-hybridized carbons (Fsp3) is 0.769. The van der Waals surface area contributed by atoms with Gasteiger partial charge in [0.2, 0.25) is 5.91 Å². The molecule has 3 rings (SSSR count). The van der Waals surface area contributed by atoms with Crippen LogP contribution in [0.5, 0.6) is 0 Å². The summed E-state index contributed by atoms with van der Waals surface area (Å²) in [4.78, 5) is 16.8. The quantitative estimate of drug-likeness (QED) is 0.741. The maximum atomic E-state index is 12.6. The Morgan fingerprint density at radius 2 is 2.15 bits per heavy atom. The van der Waals surface area contributed by atoms with E-state index in [1.54, 1.807) is 6.92 Å². The van der Waals surface area contributed by atoms with Crippen LogP contribution in [0.4, 0.5) is 0 Å². The molecule has 0 saturated carbocycles. The van der Waals surface area contributed by atoms with Gasteiger partial charge >= 0.3 is 0 Å². The molecule has 0 radical (unpaired) electrons. The third-order valence-electron chi connectivity index (χ3n) is 4.04. The molecular formula is C13H20N4O3. The molecule has 2 aliphatic rings. The zero-order valence-corrected chi connectivity index (χ0v) is 11.9. The van der Waals surface area contributed by atoms with Crippen molar-refractivity contribution >= 4 is 5.91 Å². The summed E-state index contributed by atoms with van der Waals surface area (Å²) in [6.45, 7) is 5.75. The third-order valence-corrected chi connectivity index (χ3v) is 4.04. The number of hydrogen-bond acceptors (Lipinski definition) is 6. The first kappa shape index (κ1) is 13.5. The summed E-state index contributed by atoms with van der Waals surface area (Å²) in [6, 6.07) is 0.125. The number of likely N-dealkylation sites (N-methyl/N-ethyl adjacent to an activating group) is 1. The maximum absolute atomic E-state index is 12.6. The van der Waals surface area contributed by atoms with E-state index in [-0.39, 0.29) is 18.4 Å². The average Bonchev–Trinajstić information content (AvgIpc) is 2.61. The molecule has 0 unspecified atom stereocenters. The van der Waals surface area contributed by atoms with Crippen LogP contribution in [-0.4, -0.2) is 72.0 Å². The van der Waals surface area contributed by atoms with Crippen LogP contribution in [0, 0.1) is 12.8 Å². The molecule has 110 valence electrons. The molecular weight excluding hydrogens is 260 g/mol. The minimum Gasteiger partial charge on any atom is -0.379 e. The number of carbonyl (C=O) groups is 1. The SMILES string of the molecule is Cc1nonc1CC(=O)N1C[C@H]2COC[C@@H]1CN(C)C2. The van der Waals surface area contributed by atoms with Gasteiger partial charge in [0.15, 0.2) is 0 Å². The highest BCUT2D eigenvalue weighted by Gasteiger charge is 2.34. The topological polar surface area (TPSA) is 71.7 Å². The average molecular weight is 280 g/mol. The molecule has 2 fully saturated rings. The number of rotatable bonds is 2. The van der Waals surface area contributed by atoms with Crippen LogP contribution >= 0.6 is 0 Å². The highest BCUT2D eigenvalue weighted by Crippen LogP contribution is 2.20. The molecule has 0 aromatic carbocycles. The molecule has 0 N–H and O–H groups in total. The number of carbonyl (C=O) groups excluding carboxylic acids is 1. The van der Waals surface area contributed by atoms with E-state index in [4.69, 9.17) is 4.74 Å². The van der Waals surface area contributed by atoms with Gasteiger partial charge in [0.25, 0.3) is 0 Å². The second-order valence-electron chi connectivity index (χ2n) is 5.80. The van der Waals surface area contributed by atoms with Gasteiger partial charge in [-0.15, -0.1) is 0 Å². The van der Waals surface area contributed by atoms with Crippen LogP contribution in [0.1, 0.15) is 11.4 Å². The van der Waals surface area contributed by atoms with Crippen molar-refractivity contribution < 1.29 is 14.2 Å². The Morgan fingerprint density at radius 3 is 2.90 bits per heavy atom. The fourth-order valence-corrected chi connectivity index (χ4v) is 3.04. The lowest BCUT2D eigenvalue weighted by Gasteiger charge is -2.29. The monoisotopic (exact) mass is 280 g/mol. The highest BCUT2D eigenvalue weighted by molar-refractivity contribution is 5.79. The summed E-state index contributed by atoms with van der Waals surface area (Å²) >= 11 is 0. The van der Waals surface area contributed by atoms with Crippen molar-refractivity contribution in [3.05, 3.63) is 11.4 Å². The van der Waals surface area contributed by atoms with Gasteiger partial charge in [0, 0.05) is 25.6 Å². The maximum Gasteiger partial charge on any atom is 0.229 e. The third kappa shape index (κ3) is 2.69. The van der Waals surface area contributed by atoms with Gasteiger partial charge in [0.1, 0.15) is 11.4 Å². The van der Waals surface area contributed by atoms with Crippen molar-refractivity contribution in [2.24, 2.45) is 5.92 Å². The number of fused-ring (bicyclic) bond motifs is 3. The van der Waals surface area contributed by atoms with Gasteiger partial charge in [-0.3, -0.25) is 4.79 Å². The summed E-state index contributed by atoms with van der Waals surface area (Å²) in [5.74, 6) is 0.465. The van der Waals surface area contributed by atoms with Crippen molar-refractivity contribution in [2.45, 2.75) is 19.4 Å². The predicted octanol–water partition coefficient (Wildman–Crippen LogP) is -0.290. The van der Waals surface area contributed by atoms with Crippen LogP contribution in [-0.2, 0) is 16.0 Å². The molecule has 1 amide bonds. The Labute approximate surface area is 117 Å². The lowest BCUT2D eigenvalue weighted by atomic mass is 10.1. The first-order chi connectivity index (χ1) is 9.63. The molecule has 1 aromatic heterocycles. The Morgan fingerprint density at radius 1 is 1.30 bits per heavy atom. The zero-order chi connectivity index (χ0) is 14.1. The van der Waals surface area contributed by atoms with Crippen LogP contribution in [0.3, 0.4) is 0 Å². The summed E-state index contributed by atoms with van der Waals surface area (Å²) in [5, 5.41) is 7.52. The lowest BCUT2D eigenvalue weighted by Crippen LogP contribution is -2.46. The van der Waals surface area contributed by atoms with Crippen LogP contribution in [0.15, 0.2) is 4.63 Å². The fourth-order valence-electron chi connectivity index (χ4n) is 3.04. The summed E-state index contributed by atoms with van der Waals surface area (Å²) in [7, 11) is 2.10. The Kier molecular flexibility index (Phi) is 3.71. The summed E-state index contributed by atoms with van der Waals surface area (Å²) in [5.41, 5.74) is 1.31. The standard InChI is InChI=1S/C13H20N4O3/c1-9-12(15-20-14-9)3-13(18)17-5-10-4-16(2)6-11(17)8-19-7-10/h10-11H,3-8H2,1-2H3/t10-,11-/m0/s1. The van der Waals surface area contributed by atoms with Gasteiger partial charge in [-0.05, 0) is 14.0 Å². The minimum absolute atomic E-state index is 0.0830. The van der Waals surface area contributed by atoms with Crippen molar-refractivity contribution in [1.82, 2.24) is 20.1 Å². The molecule has 2 bridgehead atoms. The van der Waals surface area contributed by atoms with Gasteiger partial charge in [-0.25, -0.2) is 4.63 Å². The summed E-state index contributed by atoms with van der Waals surface area (Å²) in [6.07, 6.45) is 0.252. The van der Waals surface area contributed by atoms with E-state index < -0.39 is 0 Å². The molecule has 7 nitrogen and oxygen atoms in total. The van der Waals surface area contributed by atoms with Crippen LogP contribution in [0.25, 0.3) is 0 Å². The first-order valence-corrected chi connectivity index (χ1v) is 6.97. The van der Waals surface area contributed by atoms with E-state index in [1.807, 2.05) is 4.90 Å². The van der Waals surface area contributed by atoms with Crippen molar-refractivity contribution in [1.29, 1.82) is 0 Å². The number of aromatic nitrogens is 2. The molecule has 0 spiro atoms. The normalized spacial score (nSPS) is 27.4. The van der Waals surface area contributed by atoms with E-state index in [0.29, 0.717) is 23.9 Å². The van der Waals surface area contributed by atoms with E-state index in [0.717, 1.165) is 26.2 Å².